The number of carbonyl (C=O) groups is 2. The Hall–Kier alpha value is -2.90. The topological polar surface area (TPSA) is 49.4 Å². The summed E-state index contributed by atoms with van der Waals surface area (Å²) in [5.74, 6) is -1.32. The third-order valence-corrected chi connectivity index (χ3v) is 6.65. The van der Waals surface area contributed by atoms with Crippen molar-refractivity contribution in [2.24, 2.45) is 5.92 Å². The summed E-state index contributed by atoms with van der Waals surface area (Å²) in [6.45, 7) is 1.45. The lowest BCUT2D eigenvalue weighted by molar-refractivity contribution is -0.137. The molecule has 2 aliphatic rings. The van der Waals surface area contributed by atoms with Crippen molar-refractivity contribution >= 4 is 23.1 Å². The molecule has 1 amide bonds. The summed E-state index contributed by atoms with van der Waals surface area (Å²) in [5.41, 5.74) is 0.883. The molecule has 2 aromatic rings. The minimum Gasteiger partial charge on any atom is -0.371 e. The first kappa shape index (κ1) is 23.3. The summed E-state index contributed by atoms with van der Waals surface area (Å²) in [4.78, 5) is 26.4. The van der Waals surface area contributed by atoms with E-state index in [1.807, 2.05) is 12.1 Å². The molecule has 2 unspecified atom stereocenters. The van der Waals surface area contributed by atoms with E-state index in [9.17, 15) is 27.2 Å². The van der Waals surface area contributed by atoms with E-state index in [4.69, 9.17) is 0 Å². The molecule has 0 bridgehead atoms. The molecule has 1 aliphatic heterocycles. The van der Waals surface area contributed by atoms with Gasteiger partial charge in [0.1, 0.15) is 11.6 Å². The van der Waals surface area contributed by atoms with E-state index in [2.05, 4.69) is 22.3 Å². The van der Waals surface area contributed by atoms with Crippen LogP contribution in [0.3, 0.4) is 0 Å². The van der Waals surface area contributed by atoms with Gasteiger partial charge in [0.2, 0.25) is 5.91 Å². The average Bonchev–Trinajstić information content (AvgIpc) is 2.80. The maximum Gasteiger partial charge on any atom is 0.416 e. The van der Waals surface area contributed by atoms with Crippen LogP contribution in [0.2, 0.25) is 0 Å². The lowest BCUT2D eigenvalue weighted by Gasteiger charge is -2.30. The number of benzene rings is 2. The van der Waals surface area contributed by atoms with Gasteiger partial charge in [-0.3, -0.25) is 9.59 Å². The van der Waals surface area contributed by atoms with E-state index in [1.54, 1.807) is 0 Å². The average molecular weight is 462 g/mol. The van der Waals surface area contributed by atoms with Gasteiger partial charge < -0.3 is 10.2 Å². The molecule has 1 aliphatic carbocycles. The highest BCUT2D eigenvalue weighted by Crippen LogP contribution is 2.38. The minimum absolute atomic E-state index is 0.184. The van der Waals surface area contributed by atoms with Crippen LogP contribution in [0.4, 0.5) is 28.9 Å². The van der Waals surface area contributed by atoms with Crippen molar-refractivity contribution < 1.29 is 27.2 Å². The number of nitrogens with one attached hydrogen (secondary N) is 1. The molecule has 1 N–H and O–H groups in total. The minimum atomic E-state index is -4.64. The van der Waals surface area contributed by atoms with Gasteiger partial charge in [0.25, 0.3) is 0 Å². The van der Waals surface area contributed by atoms with Crippen molar-refractivity contribution in [1.82, 2.24) is 0 Å². The fourth-order valence-corrected chi connectivity index (χ4v) is 4.73. The molecule has 1 saturated heterocycles. The largest absolute Gasteiger partial charge is 0.416 e. The Morgan fingerprint density at radius 1 is 1.00 bits per heavy atom. The number of piperidine rings is 1. The van der Waals surface area contributed by atoms with Crippen LogP contribution in [0.1, 0.15) is 55.6 Å². The quantitative estimate of drug-likeness (QED) is 0.574. The standard InChI is InChI=1S/C25H26F4N2O2/c26-22-15-19(25(27,28)29)6-9-23(22)30-24(33)18-3-1-2-17(14-18)16-4-7-20(8-5-16)31-12-10-21(32)11-13-31/h4-9,15,17-18H,1-3,10-14H2,(H,30,33). The van der Waals surface area contributed by atoms with Gasteiger partial charge in [-0.15, -0.1) is 0 Å². The number of hydrogen-bond donors (Lipinski definition) is 1. The first-order valence-corrected chi connectivity index (χ1v) is 11.2. The molecule has 2 atom stereocenters. The molecule has 33 heavy (non-hydrogen) atoms. The Morgan fingerprint density at radius 2 is 1.70 bits per heavy atom. The van der Waals surface area contributed by atoms with Crippen LogP contribution in [0.25, 0.3) is 0 Å². The van der Waals surface area contributed by atoms with E-state index in [-0.39, 0.29) is 23.4 Å². The lowest BCUT2D eigenvalue weighted by atomic mass is 9.77. The first-order valence-electron chi connectivity index (χ1n) is 11.2. The lowest BCUT2D eigenvalue weighted by Crippen LogP contribution is -2.33. The summed E-state index contributed by atoms with van der Waals surface area (Å²) < 4.78 is 52.3. The van der Waals surface area contributed by atoms with Gasteiger partial charge in [0.15, 0.2) is 0 Å². The molecule has 4 rings (SSSR count). The third-order valence-electron chi connectivity index (χ3n) is 6.65. The number of hydrogen-bond acceptors (Lipinski definition) is 3. The third kappa shape index (κ3) is 5.54. The normalized spacial score (nSPS) is 21.7. The van der Waals surface area contributed by atoms with Crippen LogP contribution in [-0.4, -0.2) is 24.8 Å². The zero-order valence-corrected chi connectivity index (χ0v) is 18.1. The van der Waals surface area contributed by atoms with Gasteiger partial charge in [-0.25, -0.2) is 4.39 Å². The molecule has 0 spiro atoms. The monoisotopic (exact) mass is 462 g/mol. The Kier molecular flexibility index (Phi) is 6.72. The van der Waals surface area contributed by atoms with Crippen molar-refractivity contribution in [3.63, 3.8) is 0 Å². The molecule has 2 fully saturated rings. The second-order valence-electron chi connectivity index (χ2n) is 8.86. The van der Waals surface area contributed by atoms with Crippen molar-refractivity contribution in [1.29, 1.82) is 0 Å². The van der Waals surface area contributed by atoms with E-state index >= 15 is 0 Å². The van der Waals surface area contributed by atoms with Gasteiger partial charge in [0, 0.05) is 37.5 Å². The zero-order chi connectivity index (χ0) is 23.6. The van der Waals surface area contributed by atoms with Crippen LogP contribution in [0.5, 0.6) is 0 Å². The van der Waals surface area contributed by atoms with Crippen LogP contribution in [0, 0.1) is 11.7 Å². The van der Waals surface area contributed by atoms with Crippen LogP contribution < -0.4 is 10.2 Å². The van der Waals surface area contributed by atoms with Crippen LogP contribution >= 0.6 is 0 Å². The van der Waals surface area contributed by atoms with Crippen molar-refractivity contribution in [3.8, 4) is 0 Å². The highest BCUT2D eigenvalue weighted by molar-refractivity contribution is 5.92. The molecule has 8 heteroatoms. The summed E-state index contributed by atoms with van der Waals surface area (Å²) >= 11 is 0. The molecule has 1 heterocycles. The summed E-state index contributed by atoms with van der Waals surface area (Å²) in [6, 6.07) is 10.3. The summed E-state index contributed by atoms with van der Waals surface area (Å²) in [6.07, 6.45) is -0.456. The zero-order valence-electron chi connectivity index (χ0n) is 18.1. The Bertz CT molecular complexity index is 1010. The van der Waals surface area contributed by atoms with Crippen molar-refractivity contribution in [3.05, 3.63) is 59.4 Å². The van der Waals surface area contributed by atoms with E-state index in [0.29, 0.717) is 37.5 Å². The van der Waals surface area contributed by atoms with E-state index in [1.165, 1.54) is 0 Å². The van der Waals surface area contributed by atoms with Gasteiger partial charge in [-0.05, 0) is 61.1 Å². The SMILES string of the molecule is O=C1CCN(c2ccc(C3CCCC(C(=O)Nc4ccc(C(F)(F)F)cc4F)C3)cc2)CC1. The number of alkyl halides is 3. The molecule has 0 radical (unpaired) electrons. The number of amides is 1. The first-order chi connectivity index (χ1) is 15.7. The maximum absolute atomic E-state index is 14.1. The van der Waals surface area contributed by atoms with Gasteiger partial charge in [0.05, 0.1) is 11.3 Å². The fraction of sp³-hybridized carbons (Fsp3) is 0.440. The summed E-state index contributed by atoms with van der Waals surface area (Å²) in [5, 5.41) is 2.47. The number of ketones is 1. The molecular weight excluding hydrogens is 436 g/mol. The number of anilines is 2. The number of rotatable bonds is 4. The predicted molar refractivity (Wildman–Crippen MR) is 118 cm³/mol. The number of nitrogens with zero attached hydrogens (tertiary/aromatic N) is 1. The van der Waals surface area contributed by atoms with Crippen molar-refractivity contribution in [2.75, 3.05) is 23.3 Å². The molecule has 0 aromatic heterocycles. The Balaban J connectivity index is 1.38. The molecular formula is C25H26F4N2O2. The van der Waals surface area contributed by atoms with Crippen LogP contribution in [0.15, 0.2) is 42.5 Å². The number of Topliss-reactive ketones (excluding diaryl/α,β-unsaturated/α-hetero) is 1. The Labute approximate surface area is 190 Å². The number of halogens is 4. The summed E-state index contributed by atoms with van der Waals surface area (Å²) in [7, 11) is 0. The van der Waals surface area contributed by atoms with Gasteiger partial charge >= 0.3 is 6.18 Å². The Morgan fingerprint density at radius 3 is 2.33 bits per heavy atom. The van der Waals surface area contributed by atoms with Crippen molar-refractivity contribution in [2.45, 2.75) is 50.6 Å². The maximum atomic E-state index is 14.1. The highest BCUT2D eigenvalue weighted by Gasteiger charge is 2.32. The number of carbonyl (C=O) groups excluding carboxylic acids is 2. The van der Waals surface area contributed by atoms with E-state index < -0.39 is 17.6 Å². The molecule has 176 valence electrons. The van der Waals surface area contributed by atoms with Crippen LogP contribution in [-0.2, 0) is 15.8 Å². The second-order valence-corrected chi connectivity index (χ2v) is 8.86. The smallest absolute Gasteiger partial charge is 0.371 e. The second kappa shape index (κ2) is 9.53. The highest BCUT2D eigenvalue weighted by atomic mass is 19.4. The van der Waals surface area contributed by atoms with Gasteiger partial charge in [-0.1, -0.05) is 18.6 Å². The van der Waals surface area contributed by atoms with E-state index in [0.717, 1.165) is 49.3 Å². The van der Waals surface area contributed by atoms with Gasteiger partial charge in [-0.2, -0.15) is 13.2 Å². The predicted octanol–water partition coefficient (Wildman–Crippen LogP) is 5.93. The fourth-order valence-electron chi connectivity index (χ4n) is 4.73. The molecule has 2 aromatic carbocycles. The molecule has 1 saturated carbocycles. The molecule has 4 nitrogen and oxygen atoms in total.